The Kier molecular flexibility index (Phi) is 6.65. The summed E-state index contributed by atoms with van der Waals surface area (Å²) < 4.78 is 18.8. The van der Waals surface area contributed by atoms with Crippen molar-refractivity contribution in [1.82, 2.24) is 5.32 Å². The molecule has 1 amide bonds. The molecule has 1 unspecified atom stereocenters. The first-order chi connectivity index (χ1) is 9.99. The number of halogens is 1. The van der Waals surface area contributed by atoms with Gasteiger partial charge >= 0.3 is 0 Å². The van der Waals surface area contributed by atoms with Gasteiger partial charge in [-0.15, -0.1) is 0 Å². The average Bonchev–Trinajstić information content (AvgIpc) is 2.46. The van der Waals surface area contributed by atoms with Crippen molar-refractivity contribution in [2.75, 3.05) is 6.54 Å². The SMILES string of the molecule is CCCCNC(=O)C(C)Oc1cc(F)ccc1C(C)=NO. The van der Waals surface area contributed by atoms with Gasteiger partial charge in [-0.2, -0.15) is 0 Å². The molecule has 0 aliphatic heterocycles. The fraction of sp³-hybridized carbons (Fsp3) is 0.467. The standard InChI is InChI=1S/C15H21FN2O3/c1-4-5-8-17-15(19)11(3)21-14-9-12(16)6-7-13(14)10(2)18-20/h6-7,9,11,20H,4-5,8H2,1-3H3,(H,17,19). The molecule has 116 valence electrons. The highest BCUT2D eigenvalue weighted by molar-refractivity contribution is 6.00. The molecule has 0 aromatic heterocycles. The minimum absolute atomic E-state index is 0.170. The predicted molar refractivity (Wildman–Crippen MR) is 78.4 cm³/mol. The lowest BCUT2D eigenvalue weighted by atomic mass is 10.1. The number of benzene rings is 1. The molecule has 1 atom stereocenters. The van der Waals surface area contributed by atoms with E-state index in [1.807, 2.05) is 6.92 Å². The largest absolute Gasteiger partial charge is 0.480 e. The number of unbranched alkanes of at least 4 members (excludes halogenated alkanes) is 1. The van der Waals surface area contributed by atoms with E-state index in [-0.39, 0.29) is 17.4 Å². The second-order valence-electron chi connectivity index (χ2n) is 4.73. The molecule has 2 N–H and O–H groups in total. The number of ether oxygens (including phenoxy) is 1. The first-order valence-electron chi connectivity index (χ1n) is 6.92. The maximum atomic E-state index is 13.3. The van der Waals surface area contributed by atoms with Crippen molar-refractivity contribution >= 4 is 11.6 Å². The number of nitrogens with zero attached hydrogens (tertiary/aromatic N) is 1. The average molecular weight is 296 g/mol. The van der Waals surface area contributed by atoms with Gasteiger partial charge in [0.25, 0.3) is 5.91 Å². The molecular formula is C15H21FN2O3. The maximum Gasteiger partial charge on any atom is 0.260 e. The molecule has 0 heterocycles. The highest BCUT2D eigenvalue weighted by Gasteiger charge is 2.17. The van der Waals surface area contributed by atoms with Crippen LogP contribution >= 0.6 is 0 Å². The van der Waals surface area contributed by atoms with Crippen molar-refractivity contribution in [1.29, 1.82) is 0 Å². The van der Waals surface area contributed by atoms with E-state index in [0.717, 1.165) is 12.8 Å². The summed E-state index contributed by atoms with van der Waals surface area (Å²) in [6.07, 6.45) is 1.10. The zero-order valence-electron chi connectivity index (χ0n) is 12.5. The Labute approximate surface area is 123 Å². The van der Waals surface area contributed by atoms with E-state index >= 15 is 0 Å². The smallest absolute Gasteiger partial charge is 0.260 e. The molecule has 1 aromatic rings. The lowest BCUT2D eigenvalue weighted by Gasteiger charge is -2.17. The summed E-state index contributed by atoms with van der Waals surface area (Å²) in [5, 5.41) is 14.6. The molecule has 0 saturated carbocycles. The van der Waals surface area contributed by atoms with Crippen LogP contribution in [0.2, 0.25) is 0 Å². The van der Waals surface area contributed by atoms with E-state index in [1.165, 1.54) is 18.2 Å². The summed E-state index contributed by atoms with van der Waals surface area (Å²) in [5.74, 6) is -0.584. The van der Waals surface area contributed by atoms with Gasteiger partial charge in [0.05, 0.1) is 5.71 Å². The quantitative estimate of drug-likeness (QED) is 0.352. The van der Waals surface area contributed by atoms with Crippen molar-refractivity contribution in [3.63, 3.8) is 0 Å². The molecule has 0 aliphatic rings. The van der Waals surface area contributed by atoms with Crippen molar-refractivity contribution in [2.45, 2.75) is 39.7 Å². The first kappa shape index (κ1) is 16.9. The van der Waals surface area contributed by atoms with Crippen LogP contribution in [-0.2, 0) is 4.79 Å². The number of rotatable bonds is 7. The molecule has 1 rings (SSSR count). The van der Waals surface area contributed by atoms with Gasteiger partial charge in [-0.25, -0.2) is 4.39 Å². The van der Waals surface area contributed by atoms with Crippen molar-refractivity contribution < 1.29 is 19.1 Å². The van der Waals surface area contributed by atoms with Gasteiger partial charge in [0.15, 0.2) is 6.10 Å². The second kappa shape index (κ2) is 8.24. The number of carbonyl (C=O) groups is 1. The summed E-state index contributed by atoms with van der Waals surface area (Å²) in [4.78, 5) is 11.8. The van der Waals surface area contributed by atoms with Gasteiger partial charge in [0, 0.05) is 18.2 Å². The van der Waals surface area contributed by atoms with Crippen LogP contribution in [0.25, 0.3) is 0 Å². The fourth-order valence-corrected chi connectivity index (χ4v) is 1.72. The molecule has 21 heavy (non-hydrogen) atoms. The Balaban J connectivity index is 2.81. The lowest BCUT2D eigenvalue weighted by molar-refractivity contribution is -0.127. The minimum atomic E-state index is -0.770. The van der Waals surface area contributed by atoms with Crippen LogP contribution in [0.5, 0.6) is 5.75 Å². The number of nitrogens with one attached hydrogen (secondary N) is 1. The predicted octanol–water partition coefficient (Wildman–Crippen LogP) is 2.71. The van der Waals surface area contributed by atoms with Crippen LogP contribution in [0.15, 0.2) is 23.4 Å². The van der Waals surface area contributed by atoms with Gasteiger partial charge in [-0.3, -0.25) is 4.79 Å². The van der Waals surface area contributed by atoms with Crippen molar-refractivity contribution in [3.8, 4) is 5.75 Å². The van der Waals surface area contributed by atoms with E-state index in [0.29, 0.717) is 12.1 Å². The van der Waals surface area contributed by atoms with Crippen LogP contribution in [0.3, 0.4) is 0 Å². The van der Waals surface area contributed by atoms with Gasteiger partial charge in [-0.1, -0.05) is 18.5 Å². The van der Waals surface area contributed by atoms with Crippen LogP contribution in [0.4, 0.5) is 4.39 Å². The van der Waals surface area contributed by atoms with E-state index < -0.39 is 11.9 Å². The molecular weight excluding hydrogens is 275 g/mol. The van der Waals surface area contributed by atoms with Gasteiger partial charge in [0.1, 0.15) is 11.6 Å². The number of carbonyl (C=O) groups excluding carboxylic acids is 1. The third-order valence-electron chi connectivity index (χ3n) is 2.99. The molecule has 6 heteroatoms. The fourth-order valence-electron chi connectivity index (χ4n) is 1.72. The first-order valence-corrected chi connectivity index (χ1v) is 6.92. The van der Waals surface area contributed by atoms with Gasteiger partial charge in [-0.05, 0) is 32.4 Å². The summed E-state index contributed by atoms with van der Waals surface area (Å²) in [6, 6.07) is 3.85. The highest BCUT2D eigenvalue weighted by Crippen LogP contribution is 2.22. The topological polar surface area (TPSA) is 70.9 Å². The Morgan fingerprint density at radius 2 is 2.24 bits per heavy atom. The van der Waals surface area contributed by atoms with E-state index in [9.17, 15) is 9.18 Å². The molecule has 1 aromatic carbocycles. The minimum Gasteiger partial charge on any atom is -0.480 e. The van der Waals surface area contributed by atoms with Crippen LogP contribution in [0, 0.1) is 5.82 Å². The highest BCUT2D eigenvalue weighted by atomic mass is 19.1. The Morgan fingerprint density at radius 1 is 1.52 bits per heavy atom. The number of hydrogen-bond acceptors (Lipinski definition) is 4. The Hall–Kier alpha value is -2.11. The third kappa shape index (κ3) is 5.06. The van der Waals surface area contributed by atoms with E-state index in [4.69, 9.17) is 9.94 Å². The van der Waals surface area contributed by atoms with Crippen LogP contribution in [0.1, 0.15) is 39.2 Å². The monoisotopic (exact) mass is 296 g/mol. The van der Waals surface area contributed by atoms with Crippen molar-refractivity contribution in [2.24, 2.45) is 5.16 Å². The third-order valence-corrected chi connectivity index (χ3v) is 2.99. The molecule has 0 radical (unpaired) electrons. The van der Waals surface area contributed by atoms with Crippen molar-refractivity contribution in [3.05, 3.63) is 29.6 Å². The maximum absolute atomic E-state index is 13.3. The molecule has 0 bridgehead atoms. The molecule has 0 fully saturated rings. The number of oxime groups is 1. The Bertz CT molecular complexity index is 518. The number of amides is 1. The number of hydrogen-bond donors (Lipinski definition) is 2. The summed E-state index contributed by atoms with van der Waals surface area (Å²) >= 11 is 0. The summed E-state index contributed by atoms with van der Waals surface area (Å²) in [6.45, 7) is 5.76. The van der Waals surface area contributed by atoms with Crippen LogP contribution in [-0.4, -0.2) is 29.5 Å². The van der Waals surface area contributed by atoms with E-state index in [2.05, 4.69) is 10.5 Å². The van der Waals surface area contributed by atoms with E-state index in [1.54, 1.807) is 13.8 Å². The molecule has 5 nitrogen and oxygen atoms in total. The lowest BCUT2D eigenvalue weighted by Crippen LogP contribution is -2.37. The molecule has 0 saturated heterocycles. The summed E-state index contributed by atoms with van der Waals surface area (Å²) in [7, 11) is 0. The van der Waals surface area contributed by atoms with Gasteiger partial charge in [0.2, 0.25) is 0 Å². The normalized spacial score (nSPS) is 12.9. The zero-order chi connectivity index (χ0) is 15.8. The molecule has 0 aliphatic carbocycles. The molecule has 0 spiro atoms. The summed E-state index contributed by atoms with van der Waals surface area (Å²) in [5.41, 5.74) is 0.718. The second-order valence-corrected chi connectivity index (χ2v) is 4.73. The van der Waals surface area contributed by atoms with Crippen LogP contribution < -0.4 is 10.1 Å². The van der Waals surface area contributed by atoms with Gasteiger partial charge < -0.3 is 15.3 Å². The zero-order valence-corrected chi connectivity index (χ0v) is 12.5. The Morgan fingerprint density at radius 3 is 2.86 bits per heavy atom.